The molecular formula is C13H18BrNO2. The Morgan fingerprint density at radius 1 is 1.41 bits per heavy atom. The molecule has 0 saturated heterocycles. The molecule has 0 aliphatic rings. The summed E-state index contributed by atoms with van der Waals surface area (Å²) in [6.45, 7) is 1.33. The molecule has 1 N–H and O–H groups in total. The van der Waals surface area contributed by atoms with Gasteiger partial charge in [-0.15, -0.1) is 0 Å². The fraction of sp³-hybridized carbons (Fsp3) is 0.462. The Hall–Kier alpha value is -0.870. The maximum Gasteiger partial charge on any atom is 0.224 e. The molecular weight excluding hydrogens is 282 g/mol. The number of methoxy groups -OCH3 is 1. The summed E-state index contributed by atoms with van der Waals surface area (Å²) in [5.41, 5.74) is 1.04. The minimum absolute atomic E-state index is 0.0633. The highest BCUT2D eigenvalue weighted by molar-refractivity contribution is 9.09. The first-order chi connectivity index (χ1) is 8.22. The second kappa shape index (κ2) is 8.25. The number of alkyl halides is 1. The molecule has 1 unspecified atom stereocenters. The lowest BCUT2D eigenvalue weighted by Crippen LogP contribution is -2.28. The molecule has 1 aromatic carbocycles. The van der Waals surface area contributed by atoms with Crippen LogP contribution in [0.25, 0.3) is 0 Å². The van der Waals surface area contributed by atoms with Crippen LogP contribution < -0.4 is 5.32 Å². The van der Waals surface area contributed by atoms with Gasteiger partial charge < -0.3 is 10.1 Å². The molecule has 0 heterocycles. The summed E-state index contributed by atoms with van der Waals surface area (Å²) in [4.78, 5) is 11.9. The summed E-state index contributed by atoms with van der Waals surface area (Å²) < 4.78 is 5.00. The Morgan fingerprint density at radius 2 is 2.12 bits per heavy atom. The molecule has 3 nitrogen and oxygen atoms in total. The van der Waals surface area contributed by atoms with E-state index >= 15 is 0 Å². The summed E-state index contributed by atoms with van der Waals surface area (Å²) >= 11 is 3.48. The van der Waals surface area contributed by atoms with Crippen LogP contribution in [-0.2, 0) is 16.0 Å². The lowest BCUT2D eigenvalue weighted by Gasteiger charge is -2.09. The van der Waals surface area contributed by atoms with Crippen molar-refractivity contribution in [2.45, 2.75) is 17.7 Å². The van der Waals surface area contributed by atoms with Gasteiger partial charge in [-0.2, -0.15) is 0 Å². The molecule has 0 saturated carbocycles. The Balaban J connectivity index is 2.18. The van der Waals surface area contributed by atoms with Gasteiger partial charge in [0.2, 0.25) is 5.91 Å². The van der Waals surface area contributed by atoms with E-state index in [1.807, 2.05) is 30.3 Å². The van der Waals surface area contributed by atoms with Crippen molar-refractivity contribution in [3.05, 3.63) is 35.9 Å². The summed E-state index contributed by atoms with van der Waals surface area (Å²) in [6, 6.07) is 9.74. The third-order valence-electron chi connectivity index (χ3n) is 2.33. The number of hydrogen-bond acceptors (Lipinski definition) is 2. The van der Waals surface area contributed by atoms with Crippen LogP contribution in [0.15, 0.2) is 30.3 Å². The highest BCUT2D eigenvalue weighted by atomic mass is 79.9. The van der Waals surface area contributed by atoms with Crippen LogP contribution in [0.4, 0.5) is 0 Å². The monoisotopic (exact) mass is 299 g/mol. The topological polar surface area (TPSA) is 38.3 Å². The van der Waals surface area contributed by atoms with Gasteiger partial charge in [0.05, 0.1) is 13.0 Å². The number of ether oxygens (including phenoxy) is 1. The fourth-order valence-corrected chi connectivity index (χ4v) is 1.97. The summed E-state index contributed by atoms with van der Waals surface area (Å²) in [7, 11) is 1.67. The SMILES string of the molecule is COCC(Br)CCNC(=O)Cc1ccccc1. The van der Waals surface area contributed by atoms with Crippen molar-refractivity contribution in [3.8, 4) is 0 Å². The van der Waals surface area contributed by atoms with Gasteiger partial charge in [0.15, 0.2) is 0 Å². The maximum absolute atomic E-state index is 11.6. The van der Waals surface area contributed by atoms with E-state index < -0.39 is 0 Å². The van der Waals surface area contributed by atoms with E-state index in [4.69, 9.17) is 4.74 Å². The van der Waals surface area contributed by atoms with E-state index in [1.165, 1.54) is 0 Å². The number of amides is 1. The molecule has 1 atom stereocenters. The van der Waals surface area contributed by atoms with Crippen molar-refractivity contribution in [1.29, 1.82) is 0 Å². The minimum Gasteiger partial charge on any atom is -0.384 e. The molecule has 0 spiro atoms. The first-order valence-electron chi connectivity index (χ1n) is 5.66. The lowest BCUT2D eigenvalue weighted by atomic mass is 10.1. The van der Waals surface area contributed by atoms with E-state index in [9.17, 15) is 4.79 Å². The number of halogens is 1. The number of carbonyl (C=O) groups is 1. The van der Waals surface area contributed by atoms with Gasteiger partial charge in [0.25, 0.3) is 0 Å². The number of hydrogen-bond donors (Lipinski definition) is 1. The molecule has 1 amide bonds. The second-order valence-corrected chi connectivity index (χ2v) is 5.15. The van der Waals surface area contributed by atoms with Crippen LogP contribution in [0, 0.1) is 0 Å². The van der Waals surface area contributed by atoms with Crippen LogP contribution in [-0.4, -0.2) is 31.0 Å². The second-order valence-electron chi connectivity index (χ2n) is 3.85. The van der Waals surface area contributed by atoms with E-state index in [0.29, 0.717) is 24.4 Å². The highest BCUT2D eigenvalue weighted by Crippen LogP contribution is 2.04. The van der Waals surface area contributed by atoms with Crippen LogP contribution in [0.5, 0.6) is 0 Å². The largest absolute Gasteiger partial charge is 0.384 e. The number of nitrogens with one attached hydrogen (secondary N) is 1. The maximum atomic E-state index is 11.6. The summed E-state index contributed by atoms with van der Waals surface area (Å²) in [5, 5.41) is 2.90. The molecule has 17 heavy (non-hydrogen) atoms. The van der Waals surface area contributed by atoms with Crippen molar-refractivity contribution in [1.82, 2.24) is 5.32 Å². The quantitative estimate of drug-likeness (QED) is 0.784. The smallest absolute Gasteiger partial charge is 0.224 e. The van der Waals surface area contributed by atoms with Gasteiger partial charge in [-0.05, 0) is 12.0 Å². The first kappa shape index (κ1) is 14.2. The highest BCUT2D eigenvalue weighted by Gasteiger charge is 2.05. The average molecular weight is 300 g/mol. The van der Waals surface area contributed by atoms with Crippen LogP contribution >= 0.6 is 15.9 Å². The Kier molecular flexibility index (Phi) is 6.89. The predicted octanol–water partition coefficient (Wildman–Crippen LogP) is 2.15. The third kappa shape index (κ3) is 6.44. The van der Waals surface area contributed by atoms with Gasteiger partial charge in [-0.1, -0.05) is 46.3 Å². The number of rotatable bonds is 7. The average Bonchev–Trinajstić information content (AvgIpc) is 2.30. The van der Waals surface area contributed by atoms with Crippen molar-refractivity contribution in [2.75, 3.05) is 20.3 Å². The molecule has 4 heteroatoms. The zero-order valence-corrected chi connectivity index (χ0v) is 11.6. The Bertz CT molecular complexity index is 329. The summed E-state index contributed by atoms with van der Waals surface area (Å²) in [5.74, 6) is 0.0633. The molecule has 1 rings (SSSR count). The number of carbonyl (C=O) groups excluding carboxylic acids is 1. The lowest BCUT2D eigenvalue weighted by molar-refractivity contribution is -0.120. The molecule has 0 radical (unpaired) electrons. The van der Waals surface area contributed by atoms with Gasteiger partial charge in [0, 0.05) is 18.5 Å². The van der Waals surface area contributed by atoms with E-state index in [1.54, 1.807) is 7.11 Å². The van der Waals surface area contributed by atoms with Crippen LogP contribution in [0.3, 0.4) is 0 Å². The van der Waals surface area contributed by atoms with E-state index in [-0.39, 0.29) is 5.91 Å². The van der Waals surface area contributed by atoms with Crippen molar-refractivity contribution in [2.24, 2.45) is 0 Å². The van der Waals surface area contributed by atoms with Crippen LogP contribution in [0.2, 0.25) is 0 Å². The molecule has 0 aliphatic carbocycles. The third-order valence-corrected chi connectivity index (χ3v) is 3.06. The Morgan fingerprint density at radius 3 is 2.76 bits per heavy atom. The van der Waals surface area contributed by atoms with Crippen molar-refractivity contribution < 1.29 is 9.53 Å². The Labute approximate surface area is 111 Å². The minimum atomic E-state index is 0.0633. The van der Waals surface area contributed by atoms with Crippen LogP contribution in [0.1, 0.15) is 12.0 Å². The predicted molar refractivity (Wildman–Crippen MR) is 72.4 cm³/mol. The fourth-order valence-electron chi connectivity index (χ4n) is 1.48. The standard InChI is InChI=1S/C13H18BrNO2/c1-17-10-12(14)7-8-15-13(16)9-11-5-3-2-4-6-11/h2-6,12H,7-10H2,1H3,(H,15,16). The molecule has 1 aromatic rings. The molecule has 0 fully saturated rings. The van der Waals surface area contributed by atoms with E-state index in [2.05, 4.69) is 21.2 Å². The van der Waals surface area contributed by atoms with Gasteiger partial charge in [-0.3, -0.25) is 4.79 Å². The zero-order chi connectivity index (χ0) is 12.5. The molecule has 0 bridgehead atoms. The normalized spacial score (nSPS) is 12.1. The van der Waals surface area contributed by atoms with Gasteiger partial charge in [-0.25, -0.2) is 0 Å². The number of benzene rings is 1. The van der Waals surface area contributed by atoms with Gasteiger partial charge in [0.1, 0.15) is 0 Å². The molecule has 94 valence electrons. The van der Waals surface area contributed by atoms with Crippen molar-refractivity contribution in [3.63, 3.8) is 0 Å². The summed E-state index contributed by atoms with van der Waals surface area (Å²) in [6.07, 6.45) is 1.31. The van der Waals surface area contributed by atoms with Crippen molar-refractivity contribution >= 4 is 21.8 Å². The first-order valence-corrected chi connectivity index (χ1v) is 6.57. The molecule has 0 aromatic heterocycles. The zero-order valence-electron chi connectivity index (χ0n) is 9.99. The van der Waals surface area contributed by atoms with E-state index in [0.717, 1.165) is 12.0 Å². The molecule has 0 aliphatic heterocycles. The van der Waals surface area contributed by atoms with Gasteiger partial charge >= 0.3 is 0 Å².